The average molecular weight is 248 g/mol. The summed E-state index contributed by atoms with van der Waals surface area (Å²) >= 11 is 0. The van der Waals surface area contributed by atoms with Crippen LogP contribution in [0, 0.1) is 11.2 Å². The van der Waals surface area contributed by atoms with Crippen LogP contribution in [0.25, 0.3) is 11.1 Å². The number of halogens is 1. The first kappa shape index (κ1) is 12.6. The number of anilines is 1. The van der Waals surface area contributed by atoms with Crippen LogP contribution in [-0.4, -0.2) is 5.16 Å². The third kappa shape index (κ3) is 2.70. The molecule has 0 aliphatic heterocycles. The summed E-state index contributed by atoms with van der Waals surface area (Å²) < 4.78 is 18.5. The van der Waals surface area contributed by atoms with Crippen molar-refractivity contribution in [1.82, 2.24) is 5.16 Å². The van der Waals surface area contributed by atoms with Crippen LogP contribution in [0.2, 0.25) is 0 Å². The number of aromatic nitrogens is 1. The lowest BCUT2D eigenvalue weighted by molar-refractivity contribution is 0.322. The lowest BCUT2D eigenvalue weighted by atomic mass is 9.88. The summed E-state index contributed by atoms with van der Waals surface area (Å²) in [6.45, 7) is 6.29. The molecule has 2 N–H and O–H groups in total. The van der Waals surface area contributed by atoms with E-state index in [1.165, 1.54) is 12.1 Å². The van der Waals surface area contributed by atoms with Crippen molar-refractivity contribution < 1.29 is 8.91 Å². The maximum Gasteiger partial charge on any atom is 0.175 e. The summed E-state index contributed by atoms with van der Waals surface area (Å²) in [5.41, 5.74) is 7.27. The van der Waals surface area contributed by atoms with Gasteiger partial charge in [-0.15, -0.1) is 0 Å². The minimum absolute atomic E-state index is 0.0497. The van der Waals surface area contributed by atoms with Crippen LogP contribution in [0.4, 0.5) is 10.2 Å². The monoisotopic (exact) mass is 248 g/mol. The maximum absolute atomic E-state index is 13.3. The van der Waals surface area contributed by atoms with E-state index in [2.05, 4.69) is 25.9 Å². The Morgan fingerprint density at radius 2 is 2.06 bits per heavy atom. The van der Waals surface area contributed by atoms with Crippen LogP contribution in [0.15, 0.2) is 28.8 Å². The molecule has 3 nitrogen and oxygen atoms in total. The topological polar surface area (TPSA) is 52.0 Å². The van der Waals surface area contributed by atoms with Crippen LogP contribution in [0.1, 0.15) is 26.5 Å². The van der Waals surface area contributed by atoms with E-state index in [1.54, 1.807) is 12.1 Å². The van der Waals surface area contributed by atoms with E-state index in [4.69, 9.17) is 10.3 Å². The lowest BCUT2D eigenvalue weighted by Crippen LogP contribution is -2.09. The van der Waals surface area contributed by atoms with Crippen LogP contribution in [0.5, 0.6) is 0 Å². The summed E-state index contributed by atoms with van der Waals surface area (Å²) in [5, 5.41) is 3.79. The van der Waals surface area contributed by atoms with Gasteiger partial charge in [0.15, 0.2) is 5.82 Å². The quantitative estimate of drug-likeness (QED) is 0.882. The molecule has 0 aliphatic carbocycles. The first-order valence-corrected chi connectivity index (χ1v) is 5.87. The lowest BCUT2D eigenvalue weighted by Gasteiger charge is -2.16. The van der Waals surface area contributed by atoms with E-state index in [0.29, 0.717) is 29.1 Å². The van der Waals surface area contributed by atoms with Crippen molar-refractivity contribution in [1.29, 1.82) is 0 Å². The molecule has 1 aromatic heterocycles. The third-order valence-corrected chi connectivity index (χ3v) is 2.59. The molecule has 2 aromatic rings. The van der Waals surface area contributed by atoms with Gasteiger partial charge < -0.3 is 10.3 Å². The predicted octanol–water partition coefficient (Wildman–Crippen LogP) is 3.65. The summed E-state index contributed by atoms with van der Waals surface area (Å²) in [6.07, 6.45) is 0.697. The number of hydrogen-bond acceptors (Lipinski definition) is 3. The fourth-order valence-electron chi connectivity index (χ4n) is 1.89. The molecular weight excluding hydrogens is 231 g/mol. The molecule has 4 heteroatoms. The molecule has 0 aliphatic rings. The summed E-state index contributed by atoms with van der Waals surface area (Å²) in [4.78, 5) is 0. The van der Waals surface area contributed by atoms with Gasteiger partial charge >= 0.3 is 0 Å². The fraction of sp³-hybridized carbons (Fsp3) is 0.357. The second-order valence-corrected chi connectivity index (χ2v) is 5.61. The molecule has 1 heterocycles. The SMILES string of the molecule is CC(C)(C)Cc1onc(N)c1-c1cccc(F)c1. The first-order valence-electron chi connectivity index (χ1n) is 5.87. The van der Waals surface area contributed by atoms with Gasteiger partial charge in [0.1, 0.15) is 11.6 Å². The van der Waals surface area contributed by atoms with Gasteiger partial charge in [-0.25, -0.2) is 4.39 Å². The summed E-state index contributed by atoms with van der Waals surface area (Å²) in [5.74, 6) is 0.709. The molecule has 0 spiro atoms. The van der Waals surface area contributed by atoms with E-state index in [9.17, 15) is 4.39 Å². The van der Waals surface area contributed by atoms with E-state index < -0.39 is 0 Å². The fourth-order valence-corrected chi connectivity index (χ4v) is 1.89. The second kappa shape index (κ2) is 4.44. The number of rotatable bonds is 2. The van der Waals surface area contributed by atoms with Crippen LogP contribution in [-0.2, 0) is 6.42 Å². The van der Waals surface area contributed by atoms with Crippen LogP contribution >= 0.6 is 0 Å². The van der Waals surface area contributed by atoms with Gasteiger partial charge in [-0.05, 0) is 23.1 Å². The molecule has 0 saturated carbocycles. The predicted molar refractivity (Wildman–Crippen MR) is 69.5 cm³/mol. The van der Waals surface area contributed by atoms with Crippen molar-refractivity contribution in [2.45, 2.75) is 27.2 Å². The molecule has 96 valence electrons. The zero-order chi connectivity index (χ0) is 13.3. The van der Waals surface area contributed by atoms with Crippen molar-refractivity contribution in [2.24, 2.45) is 5.41 Å². The largest absolute Gasteiger partial charge is 0.380 e. The molecule has 0 amide bonds. The van der Waals surface area contributed by atoms with E-state index in [1.807, 2.05) is 0 Å². The molecule has 0 radical (unpaired) electrons. The van der Waals surface area contributed by atoms with Crippen molar-refractivity contribution in [3.8, 4) is 11.1 Å². The summed E-state index contributed by atoms with van der Waals surface area (Å²) in [7, 11) is 0. The van der Waals surface area contributed by atoms with Gasteiger partial charge in [0, 0.05) is 6.42 Å². The smallest absolute Gasteiger partial charge is 0.175 e. The number of nitrogens with two attached hydrogens (primary N) is 1. The Labute approximate surface area is 106 Å². The average Bonchev–Trinajstić information content (AvgIpc) is 2.57. The molecule has 1 aromatic carbocycles. The van der Waals surface area contributed by atoms with E-state index in [-0.39, 0.29) is 11.2 Å². The van der Waals surface area contributed by atoms with Gasteiger partial charge in [0.05, 0.1) is 5.56 Å². The van der Waals surface area contributed by atoms with Crippen molar-refractivity contribution in [3.63, 3.8) is 0 Å². The zero-order valence-electron chi connectivity index (χ0n) is 10.8. The van der Waals surface area contributed by atoms with Crippen LogP contribution in [0.3, 0.4) is 0 Å². The van der Waals surface area contributed by atoms with Crippen molar-refractivity contribution in [3.05, 3.63) is 35.8 Å². The maximum atomic E-state index is 13.3. The number of benzene rings is 1. The molecule has 0 bridgehead atoms. The minimum atomic E-state index is -0.296. The molecule has 0 atom stereocenters. The standard InChI is InChI=1S/C14H17FN2O/c1-14(2,3)8-11-12(13(16)17-18-11)9-5-4-6-10(15)7-9/h4-7H,8H2,1-3H3,(H2,16,17). The highest BCUT2D eigenvalue weighted by Gasteiger charge is 2.21. The Balaban J connectivity index is 2.47. The van der Waals surface area contributed by atoms with Gasteiger partial charge in [-0.3, -0.25) is 0 Å². The highest BCUT2D eigenvalue weighted by molar-refractivity contribution is 5.75. The molecule has 0 fully saturated rings. The Morgan fingerprint density at radius 1 is 1.33 bits per heavy atom. The third-order valence-electron chi connectivity index (χ3n) is 2.59. The Hall–Kier alpha value is -1.84. The van der Waals surface area contributed by atoms with Gasteiger partial charge in [0.25, 0.3) is 0 Å². The molecular formula is C14H17FN2O. The molecule has 2 rings (SSSR count). The van der Waals surface area contributed by atoms with E-state index >= 15 is 0 Å². The number of nitrogens with zero attached hydrogens (tertiary/aromatic N) is 1. The molecule has 18 heavy (non-hydrogen) atoms. The Morgan fingerprint density at radius 3 is 2.67 bits per heavy atom. The van der Waals surface area contributed by atoms with Gasteiger partial charge in [0.2, 0.25) is 0 Å². The minimum Gasteiger partial charge on any atom is -0.380 e. The molecule has 0 unspecified atom stereocenters. The number of hydrogen-bond donors (Lipinski definition) is 1. The van der Waals surface area contributed by atoms with Crippen molar-refractivity contribution in [2.75, 3.05) is 5.73 Å². The first-order chi connectivity index (χ1) is 8.37. The normalized spacial score (nSPS) is 11.8. The second-order valence-electron chi connectivity index (χ2n) is 5.61. The Bertz CT molecular complexity index is 555. The highest BCUT2D eigenvalue weighted by atomic mass is 19.1. The zero-order valence-corrected chi connectivity index (χ0v) is 10.8. The Kier molecular flexibility index (Phi) is 3.11. The highest BCUT2D eigenvalue weighted by Crippen LogP contribution is 2.33. The summed E-state index contributed by atoms with van der Waals surface area (Å²) in [6, 6.07) is 6.29. The van der Waals surface area contributed by atoms with Gasteiger partial charge in [-0.1, -0.05) is 38.1 Å². The number of nitrogen functional groups attached to an aromatic ring is 1. The van der Waals surface area contributed by atoms with E-state index in [0.717, 1.165) is 0 Å². The van der Waals surface area contributed by atoms with Crippen molar-refractivity contribution >= 4 is 5.82 Å². The molecule has 0 saturated heterocycles. The van der Waals surface area contributed by atoms with Crippen LogP contribution < -0.4 is 5.73 Å². The van der Waals surface area contributed by atoms with Gasteiger partial charge in [-0.2, -0.15) is 0 Å².